The normalized spacial score (nSPS) is 13.5. The van der Waals surface area contributed by atoms with E-state index in [2.05, 4.69) is 0 Å². The molecule has 12 heavy (non-hydrogen) atoms. The van der Waals surface area contributed by atoms with E-state index in [0.717, 1.165) is 0 Å². The van der Waals surface area contributed by atoms with Gasteiger partial charge < -0.3 is 9.47 Å². The molecular formula is C6H13F3O2Si. The molecule has 0 N–H and O–H groups in total. The first-order valence-corrected chi connectivity index (χ1v) is 5.43. The number of rotatable bonds is 5. The van der Waals surface area contributed by atoms with Gasteiger partial charge in [0.25, 0.3) is 0 Å². The fraction of sp³-hybridized carbons (Fsp3) is 1.00. The minimum Gasteiger partial charge on any atom is -0.360 e. The smallest absolute Gasteiger partial charge is 0.360 e. The third kappa shape index (κ3) is 6.63. The summed E-state index contributed by atoms with van der Waals surface area (Å²) in [5.41, 5.74) is 0. The molecule has 0 unspecified atom stereocenters. The van der Waals surface area contributed by atoms with Crippen molar-refractivity contribution < 1.29 is 22.6 Å². The molecule has 0 amide bonds. The van der Waals surface area contributed by atoms with Crippen molar-refractivity contribution >= 4 is 9.52 Å². The fourth-order valence-electron chi connectivity index (χ4n) is 0.801. The maximum Gasteiger partial charge on any atom is 0.388 e. The maximum atomic E-state index is 11.7. The SMILES string of the molecule is COC(OC)[SiH2]CCC(F)(F)F. The molecule has 0 radical (unpaired) electrons. The maximum absolute atomic E-state index is 11.7. The van der Waals surface area contributed by atoms with Crippen LogP contribution in [0.3, 0.4) is 0 Å². The molecule has 0 rings (SSSR count). The zero-order valence-corrected chi connectivity index (χ0v) is 8.56. The number of hydrogen-bond donors (Lipinski definition) is 0. The van der Waals surface area contributed by atoms with Crippen molar-refractivity contribution in [1.82, 2.24) is 0 Å². The zero-order chi connectivity index (χ0) is 9.61. The van der Waals surface area contributed by atoms with Crippen LogP contribution in [0.5, 0.6) is 0 Å². The summed E-state index contributed by atoms with van der Waals surface area (Å²) >= 11 is 0. The second kappa shape index (κ2) is 5.55. The van der Waals surface area contributed by atoms with Crippen LogP contribution in [0.25, 0.3) is 0 Å². The van der Waals surface area contributed by atoms with Gasteiger partial charge in [0.2, 0.25) is 0 Å². The van der Waals surface area contributed by atoms with Gasteiger partial charge in [-0.05, 0) is 6.04 Å². The summed E-state index contributed by atoms with van der Waals surface area (Å²) in [5, 5.41) is 0. The third-order valence-electron chi connectivity index (χ3n) is 1.43. The predicted octanol–water partition coefficient (Wildman–Crippen LogP) is 1.10. The Morgan fingerprint density at radius 3 is 2.08 bits per heavy atom. The Morgan fingerprint density at radius 1 is 1.25 bits per heavy atom. The van der Waals surface area contributed by atoms with Gasteiger partial charge in [0.05, 0.1) is 9.52 Å². The molecule has 0 fully saturated rings. The molecule has 0 aromatic carbocycles. The quantitative estimate of drug-likeness (QED) is 0.491. The van der Waals surface area contributed by atoms with Crippen LogP contribution in [0, 0.1) is 0 Å². The van der Waals surface area contributed by atoms with Gasteiger partial charge in [0.1, 0.15) is 5.91 Å². The fourth-order valence-corrected chi connectivity index (χ4v) is 2.21. The molecule has 0 heterocycles. The summed E-state index contributed by atoms with van der Waals surface area (Å²) in [4.78, 5) is 0. The molecular weight excluding hydrogens is 189 g/mol. The van der Waals surface area contributed by atoms with Crippen molar-refractivity contribution in [3.63, 3.8) is 0 Å². The van der Waals surface area contributed by atoms with Gasteiger partial charge in [0.15, 0.2) is 0 Å². The average Bonchev–Trinajstić information content (AvgIpc) is 1.96. The van der Waals surface area contributed by atoms with Gasteiger partial charge in [-0.25, -0.2) is 0 Å². The summed E-state index contributed by atoms with van der Waals surface area (Å²) in [5.74, 6) is -0.382. The van der Waals surface area contributed by atoms with E-state index in [1.165, 1.54) is 14.2 Å². The minimum absolute atomic E-state index is 0.176. The van der Waals surface area contributed by atoms with Crippen molar-refractivity contribution in [3.8, 4) is 0 Å². The highest BCUT2D eigenvalue weighted by Gasteiger charge is 2.26. The highest BCUT2D eigenvalue weighted by molar-refractivity contribution is 6.36. The first-order valence-electron chi connectivity index (χ1n) is 3.62. The van der Waals surface area contributed by atoms with Gasteiger partial charge in [-0.2, -0.15) is 13.2 Å². The summed E-state index contributed by atoms with van der Waals surface area (Å²) in [6, 6.07) is 0.176. The van der Waals surface area contributed by atoms with E-state index in [9.17, 15) is 13.2 Å². The molecule has 0 saturated heterocycles. The monoisotopic (exact) mass is 202 g/mol. The van der Waals surface area contributed by atoms with E-state index in [1.807, 2.05) is 0 Å². The lowest BCUT2D eigenvalue weighted by molar-refractivity contribution is -0.131. The average molecular weight is 202 g/mol. The van der Waals surface area contributed by atoms with Crippen LogP contribution in [0.1, 0.15) is 6.42 Å². The Hall–Kier alpha value is -0.0731. The molecule has 0 bridgehead atoms. The third-order valence-corrected chi connectivity index (χ3v) is 3.33. The Kier molecular flexibility index (Phi) is 5.52. The van der Waals surface area contributed by atoms with Crippen molar-refractivity contribution in [1.29, 1.82) is 0 Å². The lowest BCUT2D eigenvalue weighted by Crippen LogP contribution is -2.22. The lowest BCUT2D eigenvalue weighted by atomic mass is 10.5. The summed E-state index contributed by atoms with van der Waals surface area (Å²) < 4.78 is 44.5. The molecule has 74 valence electrons. The van der Waals surface area contributed by atoms with Crippen LogP contribution >= 0.6 is 0 Å². The molecule has 0 aromatic rings. The molecule has 0 aliphatic heterocycles. The molecule has 0 atom stereocenters. The molecule has 6 heteroatoms. The predicted molar refractivity (Wildman–Crippen MR) is 41.8 cm³/mol. The Balaban J connectivity index is 3.41. The van der Waals surface area contributed by atoms with Crippen LogP contribution in [0.2, 0.25) is 6.04 Å². The Labute approximate surface area is 71.9 Å². The summed E-state index contributed by atoms with van der Waals surface area (Å²) in [6.07, 6.45) is -4.76. The summed E-state index contributed by atoms with van der Waals surface area (Å²) in [7, 11) is 1.96. The second-order valence-electron chi connectivity index (χ2n) is 2.41. The molecule has 0 aliphatic rings. The second-order valence-corrected chi connectivity index (χ2v) is 4.36. The van der Waals surface area contributed by atoms with Crippen molar-refractivity contribution in [2.45, 2.75) is 24.6 Å². The Bertz CT molecular complexity index is 114. The number of methoxy groups -OCH3 is 2. The summed E-state index contributed by atoms with van der Waals surface area (Å²) in [6.45, 7) is 0. The largest absolute Gasteiger partial charge is 0.388 e. The first-order chi connectivity index (χ1) is 5.49. The van der Waals surface area contributed by atoms with Crippen LogP contribution < -0.4 is 0 Å². The topological polar surface area (TPSA) is 18.5 Å². The van der Waals surface area contributed by atoms with Crippen LogP contribution in [0.4, 0.5) is 13.2 Å². The number of ether oxygens (including phenoxy) is 2. The van der Waals surface area contributed by atoms with Gasteiger partial charge in [-0.15, -0.1) is 0 Å². The first kappa shape index (κ1) is 11.9. The number of hydrogen-bond acceptors (Lipinski definition) is 2. The highest BCUT2D eigenvalue weighted by atomic mass is 28.2. The van der Waals surface area contributed by atoms with Gasteiger partial charge in [-0.1, -0.05) is 0 Å². The van der Waals surface area contributed by atoms with Crippen LogP contribution in [-0.4, -0.2) is 35.8 Å². The van der Waals surface area contributed by atoms with E-state index in [1.54, 1.807) is 0 Å². The van der Waals surface area contributed by atoms with Gasteiger partial charge >= 0.3 is 6.18 Å². The molecule has 0 saturated carbocycles. The lowest BCUT2D eigenvalue weighted by Gasteiger charge is -2.12. The van der Waals surface area contributed by atoms with Gasteiger partial charge in [0, 0.05) is 20.6 Å². The molecule has 0 aromatic heterocycles. The Morgan fingerprint density at radius 2 is 1.75 bits per heavy atom. The zero-order valence-electron chi connectivity index (χ0n) is 7.15. The van der Waals surface area contributed by atoms with Gasteiger partial charge in [-0.3, -0.25) is 0 Å². The van der Waals surface area contributed by atoms with E-state index in [0.29, 0.717) is 0 Å². The minimum atomic E-state index is -4.04. The number of halogens is 3. The molecule has 0 spiro atoms. The highest BCUT2D eigenvalue weighted by Crippen LogP contribution is 2.21. The van der Waals surface area contributed by atoms with Crippen molar-refractivity contribution in [2.24, 2.45) is 0 Å². The number of alkyl halides is 3. The van der Waals surface area contributed by atoms with E-state index >= 15 is 0 Å². The van der Waals surface area contributed by atoms with E-state index in [-0.39, 0.29) is 12.0 Å². The standard InChI is InChI=1S/C6H13F3O2Si/c1-10-5(11-2)12-4-3-6(7,8)9/h5H,3-4,12H2,1-2H3. The van der Waals surface area contributed by atoms with Crippen molar-refractivity contribution in [3.05, 3.63) is 0 Å². The molecule has 2 nitrogen and oxygen atoms in total. The molecule has 0 aliphatic carbocycles. The van der Waals surface area contributed by atoms with E-state index in [4.69, 9.17) is 9.47 Å². The van der Waals surface area contributed by atoms with Crippen LogP contribution in [0.15, 0.2) is 0 Å². The van der Waals surface area contributed by atoms with Crippen LogP contribution in [-0.2, 0) is 9.47 Å². The van der Waals surface area contributed by atoms with Crippen molar-refractivity contribution in [2.75, 3.05) is 14.2 Å². The van der Waals surface area contributed by atoms with E-state index < -0.39 is 22.1 Å².